The summed E-state index contributed by atoms with van der Waals surface area (Å²) < 4.78 is 5.36. The summed E-state index contributed by atoms with van der Waals surface area (Å²) in [6.07, 6.45) is -0.353. The van der Waals surface area contributed by atoms with Crippen LogP contribution in [0.25, 0.3) is 0 Å². The van der Waals surface area contributed by atoms with E-state index in [-0.39, 0.29) is 29.6 Å². The largest absolute Gasteiger partial charge is 0.478 e. The number of carbonyl (C=O) groups excluding carboxylic acids is 2. The molecular weight excluding hydrogens is 360 g/mol. The molecule has 1 saturated heterocycles. The third kappa shape index (κ3) is 4.49. The molecule has 7 heteroatoms. The van der Waals surface area contributed by atoms with E-state index < -0.39 is 5.97 Å². The minimum atomic E-state index is -1.12. The SMILES string of the molecule is CC(=O)c1cc(N2CCN(C(=O)OCc3ccccc3)CC2)ccc1C(=O)O. The molecule has 0 aromatic heterocycles. The molecule has 3 rings (SSSR count). The lowest BCUT2D eigenvalue weighted by atomic mass is 10.0. The van der Waals surface area contributed by atoms with Crippen LogP contribution < -0.4 is 4.90 Å². The Kier molecular flexibility index (Phi) is 5.93. The molecule has 0 aliphatic carbocycles. The Morgan fingerprint density at radius 1 is 0.964 bits per heavy atom. The molecule has 2 aromatic carbocycles. The van der Waals surface area contributed by atoms with Crippen LogP contribution >= 0.6 is 0 Å². The maximum Gasteiger partial charge on any atom is 0.410 e. The first-order valence-corrected chi connectivity index (χ1v) is 9.04. The van der Waals surface area contributed by atoms with Crippen molar-refractivity contribution < 1.29 is 24.2 Å². The van der Waals surface area contributed by atoms with Crippen LogP contribution in [0.5, 0.6) is 0 Å². The number of benzene rings is 2. The van der Waals surface area contributed by atoms with E-state index in [0.717, 1.165) is 11.3 Å². The molecule has 7 nitrogen and oxygen atoms in total. The first-order chi connectivity index (χ1) is 13.5. The van der Waals surface area contributed by atoms with Gasteiger partial charge in [-0.1, -0.05) is 30.3 Å². The topological polar surface area (TPSA) is 87.2 Å². The molecule has 1 amide bonds. The van der Waals surface area contributed by atoms with E-state index in [1.54, 1.807) is 17.0 Å². The Bertz CT molecular complexity index is 874. The van der Waals surface area contributed by atoms with Crippen LogP contribution in [-0.2, 0) is 11.3 Å². The maximum absolute atomic E-state index is 12.3. The van der Waals surface area contributed by atoms with Gasteiger partial charge in [0.25, 0.3) is 0 Å². The summed E-state index contributed by atoms with van der Waals surface area (Å²) in [6, 6.07) is 14.3. The summed E-state index contributed by atoms with van der Waals surface area (Å²) in [5.41, 5.74) is 1.89. The summed E-state index contributed by atoms with van der Waals surface area (Å²) in [5.74, 6) is -1.41. The number of carboxylic acids is 1. The van der Waals surface area contributed by atoms with Crippen LogP contribution in [0.1, 0.15) is 33.2 Å². The Labute approximate surface area is 163 Å². The Morgan fingerprint density at radius 3 is 2.25 bits per heavy atom. The molecule has 0 spiro atoms. The maximum atomic E-state index is 12.3. The predicted octanol–water partition coefficient (Wildman–Crippen LogP) is 3.05. The number of hydrogen-bond acceptors (Lipinski definition) is 5. The quantitative estimate of drug-likeness (QED) is 0.800. The number of nitrogens with zero attached hydrogens (tertiary/aromatic N) is 2. The fourth-order valence-electron chi connectivity index (χ4n) is 3.16. The normalized spacial score (nSPS) is 13.9. The number of Topliss-reactive ketones (excluding diaryl/α,β-unsaturated/α-hetero) is 1. The van der Waals surface area contributed by atoms with Gasteiger partial charge in [-0.05, 0) is 30.7 Å². The second kappa shape index (κ2) is 8.56. The van der Waals surface area contributed by atoms with Gasteiger partial charge in [0.1, 0.15) is 6.61 Å². The van der Waals surface area contributed by atoms with Crippen LogP contribution in [0.3, 0.4) is 0 Å². The van der Waals surface area contributed by atoms with Gasteiger partial charge in [0, 0.05) is 37.4 Å². The predicted molar refractivity (Wildman–Crippen MR) is 104 cm³/mol. The van der Waals surface area contributed by atoms with Crippen LogP contribution in [0.2, 0.25) is 0 Å². The third-order valence-corrected chi connectivity index (χ3v) is 4.72. The lowest BCUT2D eigenvalue weighted by Crippen LogP contribution is -2.49. The lowest BCUT2D eigenvalue weighted by Gasteiger charge is -2.35. The monoisotopic (exact) mass is 382 g/mol. The van der Waals surface area contributed by atoms with Crippen molar-refractivity contribution in [2.24, 2.45) is 0 Å². The van der Waals surface area contributed by atoms with Crippen molar-refractivity contribution in [1.82, 2.24) is 4.90 Å². The molecule has 28 heavy (non-hydrogen) atoms. The minimum absolute atomic E-state index is 0.000578. The van der Waals surface area contributed by atoms with Crippen LogP contribution in [0.4, 0.5) is 10.5 Å². The summed E-state index contributed by atoms with van der Waals surface area (Å²) in [6.45, 7) is 3.71. The van der Waals surface area contributed by atoms with Crippen LogP contribution in [0, 0.1) is 0 Å². The number of carboxylic acid groups (broad SMARTS) is 1. The molecule has 0 atom stereocenters. The average Bonchev–Trinajstić information content (AvgIpc) is 2.72. The number of carbonyl (C=O) groups is 3. The Balaban J connectivity index is 1.59. The Morgan fingerprint density at radius 2 is 1.64 bits per heavy atom. The third-order valence-electron chi connectivity index (χ3n) is 4.72. The first-order valence-electron chi connectivity index (χ1n) is 9.04. The molecule has 0 radical (unpaired) electrons. The van der Waals surface area contributed by atoms with E-state index in [1.807, 2.05) is 35.2 Å². The van der Waals surface area contributed by atoms with Crippen molar-refractivity contribution >= 4 is 23.5 Å². The van der Waals surface area contributed by atoms with E-state index in [9.17, 15) is 19.5 Å². The number of amides is 1. The molecule has 0 saturated carbocycles. The minimum Gasteiger partial charge on any atom is -0.478 e. The average molecular weight is 382 g/mol. The van der Waals surface area contributed by atoms with Gasteiger partial charge in [0.15, 0.2) is 5.78 Å². The highest BCUT2D eigenvalue weighted by atomic mass is 16.6. The second-order valence-corrected chi connectivity index (χ2v) is 6.61. The number of ether oxygens (including phenoxy) is 1. The zero-order chi connectivity index (χ0) is 20.1. The number of aromatic carboxylic acids is 1. The molecule has 1 N–H and O–H groups in total. The van der Waals surface area contributed by atoms with Crippen molar-refractivity contribution in [3.63, 3.8) is 0 Å². The van der Waals surface area contributed by atoms with Crippen LogP contribution in [-0.4, -0.2) is 54.0 Å². The van der Waals surface area contributed by atoms with E-state index in [1.165, 1.54) is 13.0 Å². The number of ketones is 1. The molecule has 2 aromatic rings. The number of anilines is 1. The first kappa shape index (κ1) is 19.4. The van der Waals surface area contributed by atoms with Gasteiger partial charge in [-0.25, -0.2) is 9.59 Å². The highest BCUT2D eigenvalue weighted by molar-refractivity contribution is 6.05. The molecule has 146 valence electrons. The zero-order valence-electron chi connectivity index (χ0n) is 15.6. The van der Waals surface area contributed by atoms with E-state index >= 15 is 0 Å². The Hall–Kier alpha value is -3.35. The van der Waals surface area contributed by atoms with E-state index in [0.29, 0.717) is 26.2 Å². The highest BCUT2D eigenvalue weighted by Gasteiger charge is 2.24. The summed E-state index contributed by atoms with van der Waals surface area (Å²) >= 11 is 0. The molecular formula is C21H22N2O5. The summed E-state index contributed by atoms with van der Waals surface area (Å²) in [5, 5.41) is 9.22. The summed E-state index contributed by atoms with van der Waals surface area (Å²) in [4.78, 5) is 39.0. The molecule has 1 heterocycles. The molecule has 0 bridgehead atoms. The summed E-state index contributed by atoms with van der Waals surface area (Å²) in [7, 11) is 0. The van der Waals surface area contributed by atoms with Crippen molar-refractivity contribution in [2.75, 3.05) is 31.1 Å². The van der Waals surface area contributed by atoms with Gasteiger partial charge in [0.2, 0.25) is 0 Å². The van der Waals surface area contributed by atoms with Crippen molar-refractivity contribution in [1.29, 1.82) is 0 Å². The molecule has 1 aliphatic heterocycles. The van der Waals surface area contributed by atoms with Gasteiger partial charge in [0.05, 0.1) is 5.56 Å². The fourth-order valence-corrected chi connectivity index (χ4v) is 3.16. The van der Waals surface area contributed by atoms with Gasteiger partial charge in [-0.3, -0.25) is 4.79 Å². The van der Waals surface area contributed by atoms with Gasteiger partial charge >= 0.3 is 12.1 Å². The number of rotatable bonds is 5. The number of piperazine rings is 1. The van der Waals surface area contributed by atoms with Gasteiger partial charge in [-0.15, -0.1) is 0 Å². The smallest absolute Gasteiger partial charge is 0.410 e. The fraction of sp³-hybridized carbons (Fsp3) is 0.286. The second-order valence-electron chi connectivity index (χ2n) is 6.61. The van der Waals surface area contributed by atoms with E-state index in [2.05, 4.69) is 0 Å². The molecule has 1 aliphatic rings. The zero-order valence-corrected chi connectivity index (χ0v) is 15.6. The highest BCUT2D eigenvalue weighted by Crippen LogP contribution is 2.22. The van der Waals surface area contributed by atoms with Gasteiger partial charge in [-0.2, -0.15) is 0 Å². The number of hydrogen-bond donors (Lipinski definition) is 1. The van der Waals surface area contributed by atoms with Gasteiger partial charge < -0.3 is 19.6 Å². The van der Waals surface area contributed by atoms with Crippen molar-refractivity contribution in [2.45, 2.75) is 13.5 Å². The molecule has 0 unspecified atom stereocenters. The molecule has 1 fully saturated rings. The van der Waals surface area contributed by atoms with Crippen molar-refractivity contribution in [3.8, 4) is 0 Å². The lowest BCUT2D eigenvalue weighted by molar-refractivity contribution is 0.0692. The van der Waals surface area contributed by atoms with Crippen molar-refractivity contribution in [3.05, 3.63) is 65.2 Å². The standard InChI is InChI=1S/C21H22N2O5/c1-15(24)19-13-17(7-8-18(19)20(25)26)22-9-11-23(12-10-22)21(27)28-14-16-5-3-2-4-6-16/h2-8,13H,9-12,14H2,1H3,(H,25,26). The van der Waals surface area contributed by atoms with E-state index in [4.69, 9.17) is 4.74 Å². The van der Waals surface area contributed by atoms with Crippen LogP contribution in [0.15, 0.2) is 48.5 Å².